The second-order valence-corrected chi connectivity index (χ2v) is 11.6. The molecule has 0 bridgehead atoms. The molecule has 0 radical (unpaired) electrons. The van der Waals surface area contributed by atoms with E-state index in [9.17, 15) is 14.7 Å². The molecule has 0 saturated heterocycles. The number of carboxylic acids is 1. The Hall–Kier alpha value is -5.95. The minimum absolute atomic E-state index is 0.0268. The number of fused-ring (bicyclic) bond motifs is 3. The van der Waals surface area contributed by atoms with E-state index in [2.05, 4.69) is 58.8 Å². The van der Waals surface area contributed by atoms with Gasteiger partial charge in [0.15, 0.2) is 0 Å². The van der Waals surface area contributed by atoms with Crippen LogP contribution in [0.5, 0.6) is 0 Å². The van der Waals surface area contributed by atoms with Crippen LogP contribution in [0.15, 0.2) is 152 Å². The zero-order chi connectivity index (χ0) is 32.2. The first kappa shape index (κ1) is 29.7. The third-order valence-corrected chi connectivity index (χ3v) is 8.95. The van der Waals surface area contributed by atoms with Crippen LogP contribution < -0.4 is 5.32 Å². The number of carbonyl (C=O) groups is 2. The number of nitrogens with zero attached hydrogens (tertiary/aromatic N) is 2. The summed E-state index contributed by atoms with van der Waals surface area (Å²) >= 11 is 0. The van der Waals surface area contributed by atoms with Crippen LogP contribution in [-0.2, 0) is 21.5 Å². The first-order chi connectivity index (χ1) is 23.1. The van der Waals surface area contributed by atoms with Gasteiger partial charge in [0.05, 0.1) is 12.0 Å². The molecule has 0 spiro atoms. The fourth-order valence-corrected chi connectivity index (χ4v) is 6.83. The Morgan fingerprint density at radius 2 is 1.19 bits per heavy atom. The highest BCUT2D eigenvalue weighted by Gasteiger charge is 2.38. The topological polar surface area (TPSA) is 93.5 Å². The molecule has 1 atom stereocenters. The predicted molar refractivity (Wildman–Crippen MR) is 180 cm³/mol. The van der Waals surface area contributed by atoms with Gasteiger partial charge in [-0.05, 0) is 38.9 Å². The number of aliphatic carboxylic acids is 1. The molecule has 7 heteroatoms. The summed E-state index contributed by atoms with van der Waals surface area (Å²) < 4.78 is 7.67. The van der Waals surface area contributed by atoms with Crippen molar-refractivity contribution >= 4 is 12.1 Å². The molecular formula is C40H33N3O4. The number of aromatic nitrogens is 2. The smallest absolute Gasteiger partial charge is 0.407 e. The second-order valence-electron chi connectivity index (χ2n) is 11.6. The van der Waals surface area contributed by atoms with Crippen LogP contribution in [0.25, 0.3) is 11.1 Å². The number of hydrogen-bond donors (Lipinski definition) is 2. The van der Waals surface area contributed by atoms with Crippen LogP contribution in [0.3, 0.4) is 0 Å². The van der Waals surface area contributed by atoms with Crippen molar-refractivity contribution in [2.75, 3.05) is 6.61 Å². The lowest BCUT2D eigenvalue weighted by atomic mass is 9.77. The fraction of sp³-hybridized carbons (Fsp3) is 0.125. The van der Waals surface area contributed by atoms with E-state index in [4.69, 9.17) is 4.74 Å². The van der Waals surface area contributed by atoms with Crippen LogP contribution in [0.2, 0.25) is 0 Å². The molecule has 1 aliphatic carbocycles. The van der Waals surface area contributed by atoms with Crippen LogP contribution in [0, 0.1) is 0 Å². The highest BCUT2D eigenvalue weighted by Crippen LogP contribution is 2.44. The highest BCUT2D eigenvalue weighted by molar-refractivity contribution is 5.81. The average Bonchev–Trinajstić information content (AvgIpc) is 3.71. The van der Waals surface area contributed by atoms with Crippen LogP contribution in [0.1, 0.15) is 39.4 Å². The van der Waals surface area contributed by atoms with E-state index in [0.717, 1.165) is 38.9 Å². The number of hydrogen-bond acceptors (Lipinski definition) is 4. The van der Waals surface area contributed by atoms with E-state index in [-0.39, 0.29) is 18.9 Å². The number of amides is 1. The molecule has 1 aromatic heterocycles. The predicted octanol–water partition coefficient (Wildman–Crippen LogP) is 7.26. The van der Waals surface area contributed by atoms with Gasteiger partial charge in [0, 0.05) is 18.5 Å². The third-order valence-electron chi connectivity index (χ3n) is 8.95. The number of rotatable bonds is 10. The van der Waals surface area contributed by atoms with Crippen molar-refractivity contribution in [1.82, 2.24) is 14.9 Å². The van der Waals surface area contributed by atoms with Gasteiger partial charge in [-0.2, -0.15) is 0 Å². The van der Waals surface area contributed by atoms with Crippen LogP contribution in [-0.4, -0.2) is 39.4 Å². The molecule has 1 aliphatic rings. The third kappa shape index (κ3) is 5.57. The number of carbonyl (C=O) groups excluding carboxylic acids is 1. The first-order valence-electron chi connectivity index (χ1n) is 15.6. The van der Waals surface area contributed by atoms with E-state index in [1.165, 1.54) is 0 Å². The zero-order valence-electron chi connectivity index (χ0n) is 25.6. The van der Waals surface area contributed by atoms with Crippen molar-refractivity contribution in [2.45, 2.75) is 23.9 Å². The molecule has 1 amide bonds. The van der Waals surface area contributed by atoms with Gasteiger partial charge in [-0.25, -0.2) is 14.6 Å². The maximum atomic E-state index is 13.0. The Labute approximate surface area is 273 Å². The lowest BCUT2D eigenvalue weighted by Crippen LogP contribution is -2.43. The van der Waals surface area contributed by atoms with Crippen molar-refractivity contribution < 1.29 is 19.4 Å². The lowest BCUT2D eigenvalue weighted by Gasteiger charge is -2.37. The minimum Gasteiger partial charge on any atom is -0.480 e. The number of ether oxygens (including phenoxy) is 1. The van der Waals surface area contributed by atoms with E-state index in [0.29, 0.717) is 5.69 Å². The summed E-state index contributed by atoms with van der Waals surface area (Å²) in [6.45, 7) is 0.0918. The molecule has 7 rings (SSSR count). The quantitative estimate of drug-likeness (QED) is 0.158. The Balaban J connectivity index is 1.14. The summed E-state index contributed by atoms with van der Waals surface area (Å²) in [7, 11) is 0. The Morgan fingerprint density at radius 1 is 0.723 bits per heavy atom. The molecule has 1 heterocycles. The molecule has 2 N–H and O–H groups in total. The number of benzene rings is 5. The summed E-state index contributed by atoms with van der Waals surface area (Å²) in [5.74, 6) is -1.30. The highest BCUT2D eigenvalue weighted by atomic mass is 16.5. The van der Waals surface area contributed by atoms with Gasteiger partial charge >= 0.3 is 12.1 Å². The maximum Gasteiger partial charge on any atom is 0.407 e. The molecule has 7 nitrogen and oxygen atoms in total. The number of imidazole rings is 1. The monoisotopic (exact) mass is 619 g/mol. The largest absolute Gasteiger partial charge is 0.480 e. The summed E-state index contributed by atoms with van der Waals surface area (Å²) in [6, 6.07) is 45.4. The Bertz CT molecular complexity index is 1870. The molecule has 0 unspecified atom stereocenters. The maximum absolute atomic E-state index is 13.0. The van der Waals surface area contributed by atoms with E-state index in [1.54, 1.807) is 6.33 Å². The van der Waals surface area contributed by atoms with Crippen molar-refractivity contribution in [3.8, 4) is 11.1 Å². The molecule has 0 aliphatic heterocycles. The number of nitrogens with one attached hydrogen (secondary N) is 1. The van der Waals surface area contributed by atoms with Crippen molar-refractivity contribution in [1.29, 1.82) is 0 Å². The molecule has 6 aromatic rings. The minimum atomic E-state index is -1.24. The molecule has 0 saturated carbocycles. The summed E-state index contributed by atoms with van der Waals surface area (Å²) in [5.41, 5.74) is 7.20. The zero-order valence-corrected chi connectivity index (χ0v) is 25.6. The molecule has 232 valence electrons. The summed E-state index contributed by atoms with van der Waals surface area (Å²) in [6.07, 6.45) is 2.78. The van der Waals surface area contributed by atoms with Gasteiger partial charge < -0.3 is 19.7 Å². The molecule has 47 heavy (non-hydrogen) atoms. The van der Waals surface area contributed by atoms with Gasteiger partial charge in [0.1, 0.15) is 18.2 Å². The van der Waals surface area contributed by atoms with Crippen LogP contribution in [0.4, 0.5) is 4.79 Å². The lowest BCUT2D eigenvalue weighted by molar-refractivity contribution is -0.139. The van der Waals surface area contributed by atoms with E-state index < -0.39 is 23.6 Å². The molecule has 0 fully saturated rings. The number of carboxylic acid groups (broad SMARTS) is 1. The van der Waals surface area contributed by atoms with Gasteiger partial charge in [-0.3, -0.25) is 0 Å². The van der Waals surface area contributed by atoms with Gasteiger partial charge in [-0.15, -0.1) is 0 Å². The second kappa shape index (κ2) is 12.8. The van der Waals surface area contributed by atoms with Crippen molar-refractivity contribution in [3.63, 3.8) is 0 Å². The van der Waals surface area contributed by atoms with Gasteiger partial charge in [0.25, 0.3) is 0 Å². The SMILES string of the molecule is O=C(N[C@@H](Cc1cn(C(c2ccccc2)(c2ccccc2)c2ccccc2)cn1)C(=O)O)OCC1c2ccccc2-c2ccccc21. The first-order valence-corrected chi connectivity index (χ1v) is 15.6. The van der Waals surface area contributed by atoms with Crippen molar-refractivity contribution in [2.24, 2.45) is 0 Å². The van der Waals surface area contributed by atoms with Gasteiger partial charge in [-0.1, -0.05) is 140 Å². The van der Waals surface area contributed by atoms with E-state index in [1.807, 2.05) is 102 Å². The fourth-order valence-electron chi connectivity index (χ4n) is 6.83. The Morgan fingerprint density at radius 3 is 1.68 bits per heavy atom. The van der Waals surface area contributed by atoms with E-state index >= 15 is 0 Å². The average molecular weight is 620 g/mol. The summed E-state index contributed by atoms with van der Waals surface area (Å²) in [4.78, 5) is 30.1. The van der Waals surface area contributed by atoms with Crippen molar-refractivity contribution in [3.05, 3.63) is 186 Å². The standard InChI is InChI=1S/C40H33N3O4/c44-38(45)37(42-39(46)47-26-36-34-22-12-10-20-32(34)33-21-11-13-23-35(33)36)24-31-25-43(27-41-31)40(28-14-4-1-5-15-28,29-16-6-2-7-17-29)30-18-8-3-9-19-30/h1-23,25,27,36-37H,24,26H2,(H,42,46)(H,44,45)/t37-/m0/s1. The van der Waals surface area contributed by atoms with Gasteiger partial charge in [0.2, 0.25) is 0 Å². The Kier molecular flexibility index (Phi) is 8.11. The number of alkyl carbamates (subject to hydrolysis) is 1. The molecular weight excluding hydrogens is 586 g/mol. The normalized spacial score (nSPS) is 12.9. The molecule has 5 aromatic carbocycles. The van der Waals surface area contributed by atoms with Crippen LogP contribution >= 0.6 is 0 Å². The summed E-state index contributed by atoms with van der Waals surface area (Å²) in [5, 5.41) is 12.7.